The fraction of sp³-hybridized carbons (Fsp3) is 0.364. The van der Waals surface area contributed by atoms with E-state index < -0.39 is 39.7 Å². The molecule has 0 radical (unpaired) electrons. The molecule has 0 saturated heterocycles. The Balaban J connectivity index is 1.51. The highest BCUT2D eigenvalue weighted by atomic mass is 35.5. The van der Waals surface area contributed by atoms with Crippen LogP contribution in [0.1, 0.15) is 55.1 Å². The molecular weight excluding hydrogens is 696 g/mol. The van der Waals surface area contributed by atoms with Gasteiger partial charge in [0.15, 0.2) is 0 Å². The van der Waals surface area contributed by atoms with Crippen LogP contribution in [-0.2, 0) is 20.7 Å². The average Bonchev–Trinajstić information content (AvgIpc) is 3.55. The molecule has 3 amide bonds. The molecule has 0 aliphatic heterocycles. The number of hydrogen-bond acceptors (Lipinski definition) is 5. The van der Waals surface area contributed by atoms with Crippen molar-refractivity contribution in [3.63, 3.8) is 0 Å². The molecule has 2 N–H and O–H groups in total. The molecule has 46 heavy (non-hydrogen) atoms. The molecule has 1 aliphatic carbocycles. The van der Waals surface area contributed by atoms with Crippen molar-refractivity contribution in [3.8, 4) is 0 Å². The van der Waals surface area contributed by atoms with Crippen LogP contribution >= 0.6 is 58.0 Å². The Morgan fingerprint density at radius 2 is 1.61 bits per heavy atom. The molecule has 8 nitrogen and oxygen atoms in total. The third kappa shape index (κ3) is 8.59. The van der Waals surface area contributed by atoms with Crippen LogP contribution in [0.4, 0.5) is 21.9 Å². The summed E-state index contributed by atoms with van der Waals surface area (Å²) >= 11 is 31.7. The minimum Gasteiger partial charge on any atom is -0.443 e. The standard InChI is InChI=1S/C33H34Cl5N3O5/c1-6-18-15-23(41(11-12-45-5)31(44)46-32(2,3)4)8-10-26(18)40-29(42)24-17-22(7-9-25(24)36)39-30(43)28-27(33(28,37)38)19-13-20(34)16-21(35)14-19/h7-10,13-17,27-28H,6,11-12H2,1-5H3,(H,39,43)(H,40,42)/t27-,28+/m0/s1. The maximum absolute atomic E-state index is 13.4. The van der Waals surface area contributed by atoms with Gasteiger partial charge in [-0.2, -0.15) is 0 Å². The molecule has 13 heteroatoms. The van der Waals surface area contributed by atoms with Crippen LogP contribution in [0.2, 0.25) is 15.1 Å². The Bertz CT molecular complexity index is 1620. The molecule has 2 atom stereocenters. The smallest absolute Gasteiger partial charge is 0.414 e. The number of benzene rings is 3. The molecule has 0 spiro atoms. The van der Waals surface area contributed by atoms with Gasteiger partial charge >= 0.3 is 6.09 Å². The number of ether oxygens (including phenoxy) is 2. The minimum atomic E-state index is -1.37. The number of halogens is 5. The number of anilines is 3. The van der Waals surface area contributed by atoms with Crippen molar-refractivity contribution in [2.45, 2.75) is 50.0 Å². The summed E-state index contributed by atoms with van der Waals surface area (Å²) in [5, 5.41) is 6.67. The summed E-state index contributed by atoms with van der Waals surface area (Å²) in [6.07, 6.45) is 0.0436. The van der Waals surface area contributed by atoms with Crippen LogP contribution in [0, 0.1) is 5.92 Å². The molecule has 0 heterocycles. The van der Waals surface area contributed by atoms with E-state index in [-0.39, 0.29) is 17.1 Å². The normalized spacial score (nSPS) is 16.8. The number of amides is 3. The summed E-state index contributed by atoms with van der Waals surface area (Å²) in [7, 11) is 1.55. The number of hydrogen-bond donors (Lipinski definition) is 2. The average molecular weight is 730 g/mol. The van der Waals surface area contributed by atoms with Gasteiger partial charge in [0.25, 0.3) is 5.91 Å². The number of aryl methyl sites for hydroxylation is 1. The summed E-state index contributed by atoms with van der Waals surface area (Å²) in [6, 6.07) is 14.7. The Morgan fingerprint density at radius 1 is 0.935 bits per heavy atom. The van der Waals surface area contributed by atoms with Crippen molar-refractivity contribution in [3.05, 3.63) is 86.4 Å². The summed E-state index contributed by atoms with van der Waals surface area (Å²) in [6.45, 7) is 7.90. The highest BCUT2D eigenvalue weighted by Crippen LogP contribution is 2.65. The Kier molecular flexibility index (Phi) is 11.5. The molecule has 3 aromatic rings. The van der Waals surface area contributed by atoms with Crippen LogP contribution in [0.15, 0.2) is 54.6 Å². The highest BCUT2D eigenvalue weighted by Gasteiger charge is 2.67. The van der Waals surface area contributed by atoms with E-state index in [1.165, 1.54) is 17.0 Å². The summed E-state index contributed by atoms with van der Waals surface area (Å²) in [4.78, 5) is 41.1. The summed E-state index contributed by atoms with van der Waals surface area (Å²) < 4.78 is 9.42. The number of carbonyl (C=O) groups is 3. The highest BCUT2D eigenvalue weighted by molar-refractivity contribution is 6.53. The first-order valence-corrected chi connectivity index (χ1v) is 16.3. The van der Waals surface area contributed by atoms with Crippen molar-refractivity contribution in [1.82, 2.24) is 0 Å². The van der Waals surface area contributed by atoms with Crippen molar-refractivity contribution < 1.29 is 23.9 Å². The van der Waals surface area contributed by atoms with Crippen LogP contribution in [0.5, 0.6) is 0 Å². The molecule has 1 aliphatic rings. The van der Waals surface area contributed by atoms with E-state index in [4.69, 9.17) is 67.5 Å². The lowest BCUT2D eigenvalue weighted by Gasteiger charge is -2.28. The zero-order valence-corrected chi connectivity index (χ0v) is 29.6. The van der Waals surface area contributed by atoms with E-state index in [2.05, 4.69) is 10.6 Å². The van der Waals surface area contributed by atoms with Gasteiger partial charge in [-0.25, -0.2) is 4.79 Å². The van der Waals surface area contributed by atoms with Gasteiger partial charge in [-0.3, -0.25) is 14.5 Å². The largest absolute Gasteiger partial charge is 0.443 e. The maximum atomic E-state index is 13.4. The number of carbonyl (C=O) groups excluding carboxylic acids is 3. The van der Waals surface area contributed by atoms with E-state index in [0.29, 0.717) is 45.7 Å². The fourth-order valence-corrected chi connectivity index (χ4v) is 6.57. The molecule has 0 bridgehead atoms. The van der Waals surface area contributed by atoms with E-state index in [9.17, 15) is 14.4 Å². The number of alkyl halides is 2. The molecule has 0 aromatic heterocycles. The number of nitrogens with zero attached hydrogens (tertiary/aromatic N) is 1. The lowest BCUT2D eigenvalue weighted by molar-refractivity contribution is -0.117. The fourth-order valence-electron chi connectivity index (χ4n) is 5.00. The quantitative estimate of drug-likeness (QED) is 0.203. The van der Waals surface area contributed by atoms with E-state index in [1.807, 2.05) is 13.0 Å². The monoisotopic (exact) mass is 727 g/mol. The molecule has 246 valence electrons. The number of methoxy groups -OCH3 is 1. The van der Waals surface area contributed by atoms with Gasteiger partial charge in [-0.05, 0) is 92.9 Å². The minimum absolute atomic E-state index is 0.137. The first-order valence-electron chi connectivity index (χ1n) is 14.4. The molecule has 1 fully saturated rings. The summed E-state index contributed by atoms with van der Waals surface area (Å²) in [5.41, 5.74) is 2.33. The van der Waals surface area contributed by atoms with Gasteiger partial charge in [0, 0.05) is 40.1 Å². The molecule has 1 saturated carbocycles. The lowest BCUT2D eigenvalue weighted by atomic mass is 10.1. The molecule has 4 rings (SSSR count). The van der Waals surface area contributed by atoms with Crippen LogP contribution < -0.4 is 15.5 Å². The van der Waals surface area contributed by atoms with E-state index in [0.717, 1.165) is 5.56 Å². The van der Waals surface area contributed by atoms with Gasteiger partial charge in [-0.15, -0.1) is 23.2 Å². The van der Waals surface area contributed by atoms with Crippen molar-refractivity contribution in [1.29, 1.82) is 0 Å². The zero-order valence-electron chi connectivity index (χ0n) is 25.9. The molecule has 0 unspecified atom stereocenters. The van der Waals surface area contributed by atoms with Gasteiger partial charge in [0.05, 0.1) is 29.7 Å². The van der Waals surface area contributed by atoms with Crippen molar-refractivity contribution >= 4 is 93.0 Å². The van der Waals surface area contributed by atoms with E-state index >= 15 is 0 Å². The van der Waals surface area contributed by atoms with Crippen LogP contribution in [0.25, 0.3) is 0 Å². The second kappa shape index (κ2) is 14.6. The first kappa shape index (κ1) is 36.1. The van der Waals surface area contributed by atoms with Crippen molar-refractivity contribution in [2.75, 3.05) is 35.8 Å². The SMILES string of the molecule is CCc1cc(N(CCOC)C(=O)OC(C)(C)C)ccc1NC(=O)c1cc(NC(=O)[C@H]2[C@H](c3cc(Cl)cc(Cl)c3)C2(Cl)Cl)ccc1Cl. The van der Waals surface area contributed by atoms with Crippen molar-refractivity contribution in [2.24, 2.45) is 5.92 Å². The zero-order chi connectivity index (χ0) is 34.0. The Labute approximate surface area is 293 Å². The third-order valence-corrected chi connectivity index (χ3v) is 8.93. The van der Waals surface area contributed by atoms with Gasteiger partial charge in [-0.1, -0.05) is 41.7 Å². The topological polar surface area (TPSA) is 97.0 Å². The van der Waals surface area contributed by atoms with Gasteiger partial charge in [0.1, 0.15) is 9.93 Å². The molecule has 3 aromatic carbocycles. The predicted molar refractivity (Wildman–Crippen MR) is 186 cm³/mol. The Morgan fingerprint density at radius 3 is 2.22 bits per heavy atom. The second-order valence-corrected chi connectivity index (χ2v) is 14.5. The van der Waals surface area contributed by atoms with Gasteiger partial charge < -0.3 is 20.1 Å². The molecular formula is C33H34Cl5N3O5. The van der Waals surface area contributed by atoms with E-state index in [1.54, 1.807) is 64.3 Å². The maximum Gasteiger partial charge on any atom is 0.414 e. The number of nitrogens with one attached hydrogen (secondary N) is 2. The number of rotatable bonds is 10. The predicted octanol–water partition coefficient (Wildman–Crippen LogP) is 9.38. The van der Waals surface area contributed by atoms with Gasteiger partial charge in [0.2, 0.25) is 5.91 Å². The third-order valence-electron chi connectivity index (χ3n) is 7.22. The second-order valence-electron chi connectivity index (χ2n) is 11.8. The summed E-state index contributed by atoms with van der Waals surface area (Å²) in [5.74, 6) is -2.24. The van der Waals surface area contributed by atoms with Crippen LogP contribution in [-0.4, -0.2) is 48.1 Å². The lowest BCUT2D eigenvalue weighted by Crippen LogP contribution is -2.38. The Hall–Kier alpha value is -2.72. The first-order chi connectivity index (χ1) is 21.5. The van der Waals surface area contributed by atoms with Crippen LogP contribution in [0.3, 0.4) is 0 Å².